The van der Waals surface area contributed by atoms with Crippen LogP contribution in [0.1, 0.15) is 16.0 Å². The van der Waals surface area contributed by atoms with E-state index >= 15 is 0 Å². The third-order valence-corrected chi connectivity index (χ3v) is 5.01. The van der Waals surface area contributed by atoms with Crippen LogP contribution in [0.4, 0.5) is 5.95 Å². The normalized spacial score (nSPS) is 10.9. The predicted molar refractivity (Wildman–Crippen MR) is 92.2 cm³/mol. The van der Waals surface area contributed by atoms with Crippen molar-refractivity contribution in [2.45, 2.75) is 20.4 Å². The largest absolute Gasteiger partial charge is 0.495 e. The lowest BCUT2D eigenvalue weighted by atomic mass is 10.2. The summed E-state index contributed by atoms with van der Waals surface area (Å²) in [5.74, 6) is 1.30. The molecule has 1 aromatic carbocycles. The highest BCUT2D eigenvalue weighted by atomic mass is 35.5. The summed E-state index contributed by atoms with van der Waals surface area (Å²) in [6.45, 7) is 4.82. The first-order valence-electron chi connectivity index (χ1n) is 6.87. The zero-order valence-electron chi connectivity index (χ0n) is 12.6. The zero-order valence-corrected chi connectivity index (χ0v) is 14.2. The van der Waals surface area contributed by atoms with E-state index in [2.05, 4.69) is 29.1 Å². The fraction of sp³-hybridized carbons (Fsp3) is 0.250. The number of nitrogens with zero attached hydrogens (tertiary/aromatic N) is 2. The topological polar surface area (TPSA) is 47.0 Å². The Labute approximate surface area is 138 Å². The average molecular weight is 334 g/mol. The van der Waals surface area contributed by atoms with Gasteiger partial charge in [0.15, 0.2) is 0 Å². The van der Waals surface area contributed by atoms with E-state index in [9.17, 15) is 0 Å². The molecular weight excluding hydrogens is 318 g/mol. The number of hydrogen-bond donors (Lipinski definition) is 1. The standard InChI is InChI=1S/C16H16ClN3OS/c1-9-10(2)22-15-12(9)8-19-16(20-15)18-7-11-4-5-14(21-3)13(17)6-11/h4-6,8H,7H2,1-3H3,(H,18,19,20). The van der Waals surface area contributed by atoms with Gasteiger partial charge in [0, 0.05) is 23.0 Å². The van der Waals surface area contributed by atoms with Crippen LogP contribution in [0.25, 0.3) is 10.2 Å². The smallest absolute Gasteiger partial charge is 0.224 e. The monoisotopic (exact) mass is 333 g/mol. The zero-order chi connectivity index (χ0) is 15.7. The molecule has 6 heteroatoms. The summed E-state index contributed by atoms with van der Waals surface area (Å²) in [6.07, 6.45) is 1.88. The number of methoxy groups -OCH3 is 1. The molecule has 0 atom stereocenters. The Morgan fingerprint density at radius 1 is 1.32 bits per heavy atom. The van der Waals surface area contributed by atoms with Gasteiger partial charge in [0.2, 0.25) is 5.95 Å². The molecule has 0 radical (unpaired) electrons. The first kappa shape index (κ1) is 15.1. The second kappa shape index (κ2) is 6.10. The Morgan fingerprint density at radius 2 is 2.14 bits per heavy atom. The second-order valence-electron chi connectivity index (χ2n) is 5.02. The Kier molecular flexibility index (Phi) is 4.18. The fourth-order valence-electron chi connectivity index (χ4n) is 2.20. The Balaban J connectivity index is 1.77. The van der Waals surface area contributed by atoms with Crippen molar-refractivity contribution >= 4 is 39.1 Å². The van der Waals surface area contributed by atoms with Crippen LogP contribution >= 0.6 is 22.9 Å². The molecule has 0 aliphatic heterocycles. The number of halogens is 1. The van der Waals surface area contributed by atoms with E-state index in [0.717, 1.165) is 15.8 Å². The molecule has 3 aromatic rings. The van der Waals surface area contributed by atoms with Crippen molar-refractivity contribution in [1.29, 1.82) is 0 Å². The van der Waals surface area contributed by atoms with E-state index in [1.807, 2.05) is 24.4 Å². The SMILES string of the molecule is COc1ccc(CNc2ncc3c(C)c(C)sc3n2)cc1Cl. The van der Waals surface area contributed by atoms with Crippen LogP contribution in [-0.4, -0.2) is 17.1 Å². The molecule has 0 fully saturated rings. The van der Waals surface area contributed by atoms with Crippen molar-refractivity contribution in [2.24, 2.45) is 0 Å². The number of aryl methyl sites for hydroxylation is 2. The molecule has 4 nitrogen and oxygen atoms in total. The molecule has 3 rings (SSSR count). The molecule has 0 aliphatic carbocycles. The van der Waals surface area contributed by atoms with Crippen molar-refractivity contribution in [3.8, 4) is 5.75 Å². The van der Waals surface area contributed by atoms with Crippen LogP contribution in [0.3, 0.4) is 0 Å². The van der Waals surface area contributed by atoms with Gasteiger partial charge in [-0.15, -0.1) is 11.3 Å². The molecule has 2 aromatic heterocycles. The summed E-state index contributed by atoms with van der Waals surface area (Å²) >= 11 is 7.82. The van der Waals surface area contributed by atoms with Gasteiger partial charge in [0.25, 0.3) is 0 Å². The minimum Gasteiger partial charge on any atom is -0.495 e. The van der Waals surface area contributed by atoms with E-state index < -0.39 is 0 Å². The Morgan fingerprint density at radius 3 is 2.86 bits per heavy atom. The van der Waals surface area contributed by atoms with Gasteiger partial charge >= 0.3 is 0 Å². The molecule has 22 heavy (non-hydrogen) atoms. The Hall–Kier alpha value is -1.85. The summed E-state index contributed by atoms with van der Waals surface area (Å²) in [7, 11) is 1.60. The molecule has 0 amide bonds. The summed E-state index contributed by atoms with van der Waals surface area (Å²) in [6, 6.07) is 5.70. The molecule has 0 saturated heterocycles. The molecule has 0 bridgehead atoms. The van der Waals surface area contributed by atoms with Crippen LogP contribution in [0, 0.1) is 13.8 Å². The molecule has 0 unspecified atom stereocenters. The molecule has 0 saturated carbocycles. The maximum atomic E-state index is 6.13. The number of anilines is 1. The molecule has 114 valence electrons. The van der Waals surface area contributed by atoms with E-state index in [1.165, 1.54) is 10.4 Å². The molecule has 1 N–H and O–H groups in total. The highest BCUT2D eigenvalue weighted by molar-refractivity contribution is 7.18. The van der Waals surface area contributed by atoms with Gasteiger partial charge in [-0.3, -0.25) is 0 Å². The quantitative estimate of drug-likeness (QED) is 0.759. The van der Waals surface area contributed by atoms with Crippen molar-refractivity contribution in [3.05, 3.63) is 45.4 Å². The summed E-state index contributed by atoms with van der Waals surface area (Å²) in [4.78, 5) is 11.2. The van der Waals surface area contributed by atoms with E-state index in [1.54, 1.807) is 18.4 Å². The van der Waals surface area contributed by atoms with Gasteiger partial charge < -0.3 is 10.1 Å². The van der Waals surface area contributed by atoms with Gasteiger partial charge in [0.1, 0.15) is 10.6 Å². The number of hydrogen-bond acceptors (Lipinski definition) is 5. The van der Waals surface area contributed by atoms with E-state index in [4.69, 9.17) is 16.3 Å². The summed E-state index contributed by atoms with van der Waals surface area (Å²) in [5, 5.41) is 4.96. The highest BCUT2D eigenvalue weighted by Crippen LogP contribution is 2.29. The van der Waals surface area contributed by atoms with Crippen molar-refractivity contribution in [3.63, 3.8) is 0 Å². The van der Waals surface area contributed by atoms with Crippen LogP contribution in [-0.2, 0) is 6.54 Å². The van der Waals surface area contributed by atoms with Gasteiger partial charge in [-0.1, -0.05) is 17.7 Å². The first-order valence-corrected chi connectivity index (χ1v) is 8.07. The van der Waals surface area contributed by atoms with Crippen LogP contribution in [0.5, 0.6) is 5.75 Å². The number of aromatic nitrogens is 2. The van der Waals surface area contributed by atoms with Crippen molar-refractivity contribution < 1.29 is 4.74 Å². The van der Waals surface area contributed by atoms with Gasteiger partial charge in [-0.05, 0) is 37.1 Å². The van der Waals surface area contributed by atoms with Crippen molar-refractivity contribution in [1.82, 2.24) is 9.97 Å². The number of ether oxygens (including phenoxy) is 1. The van der Waals surface area contributed by atoms with Crippen LogP contribution in [0.15, 0.2) is 24.4 Å². The van der Waals surface area contributed by atoms with Gasteiger partial charge in [-0.25, -0.2) is 9.97 Å². The Bertz CT molecular complexity index is 832. The van der Waals surface area contributed by atoms with E-state index in [-0.39, 0.29) is 0 Å². The maximum Gasteiger partial charge on any atom is 0.224 e. The average Bonchev–Trinajstić information content (AvgIpc) is 2.80. The minimum atomic E-state index is 0.600. The highest BCUT2D eigenvalue weighted by Gasteiger charge is 2.08. The fourth-order valence-corrected chi connectivity index (χ4v) is 3.48. The third-order valence-electron chi connectivity index (χ3n) is 3.60. The number of thiophene rings is 1. The third kappa shape index (κ3) is 2.87. The van der Waals surface area contributed by atoms with E-state index in [0.29, 0.717) is 23.3 Å². The maximum absolute atomic E-state index is 6.13. The van der Waals surface area contributed by atoms with Crippen LogP contribution < -0.4 is 10.1 Å². The second-order valence-corrected chi connectivity index (χ2v) is 6.63. The number of nitrogens with one attached hydrogen (secondary N) is 1. The number of fused-ring (bicyclic) bond motifs is 1. The lowest BCUT2D eigenvalue weighted by Gasteiger charge is -2.07. The van der Waals surface area contributed by atoms with Crippen molar-refractivity contribution in [2.75, 3.05) is 12.4 Å². The van der Waals surface area contributed by atoms with Gasteiger partial charge in [-0.2, -0.15) is 0 Å². The number of benzene rings is 1. The molecule has 0 spiro atoms. The molecular formula is C16H16ClN3OS. The van der Waals surface area contributed by atoms with Crippen LogP contribution in [0.2, 0.25) is 5.02 Å². The minimum absolute atomic E-state index is 0.600. The summed E-state index contributed by atoms with van der Waals surface area (Å²) in [5.41, 5.74) is 2.31. The molecule has 2 heterocycles. The lowest BCUT2D eigenvalue weighted by molar-refractivity contribution is 0.415. The predicted octanol–water partition coefficient (Wildman–Crippen LogP) is 4.58. The lowest BCUT2D eigenvalue weighted by Crippen LogP contribution is -2.03. The summed E-state index contributed by atoms with van der Waals surface area (Å²) < 4.78 is 5.15. The van der Waals surface area contributed by atoms with Gasteiger partial charge in [0.05, 0.1) is 12.1 Å². The first-order chi connectivity index (χ1) is 10.6. The molecule has 0 aliphatic rings. The number of rotatable bonds is 4.